The highest BCUT2D eigenvalue weighted by atomic mass is 28.4. The maximum absolute atomic E-state index is 6.04. The highest BCUT2D eigenvalue weighted by Crippen LogP contribution is 2.36. The molecule has 0 saturated carbocycles. The van der Waals surface area contributed by atoms with Crippen molar-refractivity contribution in [3.8, 4) is 0 Å². The van der Waals surface area contributed by atoms with Crippen molar-refractivity contribution >= 4 is 8.32 Å². The third-order valence-electron chi connectivity index (χ3n) is 4.11. The van der Waals surface area contributed by atoms with E-state index in [9.17, 15) is 0 Å². The van der Waals surface area contributed by atoms with Crippen LogP contribution in [0.15, 0.2) is 0 Å². The molecule has 0 rings (SSSR count). The fourth-order valence-corrected chi connectivity index (χ4v) is 2.53. The van der Waals surface area contributed by atoms with Crippen LogP contribution in [0.4, 0.5) is 0 Å². The minimum absolute atomic E-state index is 0.244. The van der Waals surface area contributed by atoms with Gasteiger partial charge < -0.3 is 28.7 Å². The molecule has 0 heterocycles. The van der Waals surface area contributed by atoms with E-state index in [1.807, 2.05) is 7.05 Å². The molecule has 0 aliphatic rings. The van der Waals surface area contributed by atoms with Crippen molar-refractivity contribution in [3.63, 3.8) is 0 Å². The fourth-order valence-electron chi connectivity index (χ4n) is 1.51. The van der Waals surface area contributed by atoms with Gasteiger partial charge in [0.1, 0.15) is 0 Å². The molecule has 0 spiro atoms. The second-order valence-corrected chi connectivity index (χ2v) is 12.0. The van der Waals surface area contributed by atoms with E-state index >= 15 is 0 Å². The van der Waals surface area contributed by atoms with Crippen LogP contribution in [-0.4, -0.2) is 81.4 Å². The van der Waals surface area contributed by atoms with Gasteiger partial charge in [0.15, 0.2) is 8.32 Å². The first-order valence-electron chi connectivity index (χ1n) is 8.91. The van der Waals surface area contributed by atoms with Gasteiger partial charge in [-0.25, -0.2) is 0 Å². The largest absolute Gasteiger partial charge is 0.414 e. The third kappa shape index (κ3) is 13.3. The van der Waals surface area contributed by atoms with Crippen LogP contribution in [0.1, 0.15) is 20.8 Å². The molecule has 0 radical (unpaired) electrons. The first kappa shape index (κ1) is 24.0. The summed E-state index contributed by atoms with van der Waals surface area (Å²) in [6, 6.07) is 0. The minimum atomic E-state index is -1.65. The summed E-state index contributed by atoms with van der Waals surface area (Å²) >= 11 is 0. The summed E-state index contributed by atoms with van der Waals surface area (Å²) in [5.74, 6) is 0. The SMILES string of the molecule is CNCCOCCOCCOCCOCCO[Si](C)(C)C(C)(C)C. The van der Waals surface area contributed by atoms with Crippen LogP contribution in [0.25, 0.3) is 0 Å². The van der Waals surface area contributed by atoms with Gasteiger partial charge in [-0.1, -0.05) is 20.8 Å². The number of ether oxygens (including phenoxy) is 4. The summed E-state index contributed by atoms with van der Waals surface area (Å²) in [6.45, 7) is 17.7. The fraction of sp³-hybridized carbons (Fsp3) is 1.00. The van der Waals surface area contributed by atoms with Crippen LogP contribution in [0.5, 0.6) is 0 Å². The zero-order chi connectivity index (χ0) is 18.3. The van der Waals surface area contributed by atoms with Gasteiger partial charge in [0.25, 0.3) is 0 Å². The summed E-state index contributed by atoms with van der Waals surface area (Å²) in [6.07, 6.45) is 0. The molecule has 0 fully saturated rings. The highest BCUT2D eigenvalue weighted by Gasteiger charge is 2.36. The van der Waals surface area contributed by atoms with Gasteiger partial charge >= 0.3 is 0 Å². The van der Waals surface area contributed by atoms with Crippen molar-refractivity contribution in [1.82, 2.24) is 5.32 Å². The van der Waals surface area contributed by atoms with E-state index in [1.165, 1.54) is 0 Å². The number of likely N-dealkylation sites (N-methyl/N-ethyl adjacent to an activating group) is 1. The normalized spacial score (nSPS) is 12.8. The van der Waals surface area contributed by atoms with Crippen LogP contribution in [-0.2, 0) is 23.4 Å². The van der Waals surface area contributed by atoms with Crippen LogP contribution >= 0.6 is 0 Å². The Bertz CT molecular complexity index is 285. The summed E-state index contributed by atoms with van der Waals surface area (Å²) in [7, 11) is 0.254. The quantitative estimate of drug-likeness (QED) is 0.335. The molecule has 0 aromatic heterocycles. The molecule has 0 bridgehead atoms. The topological polar surface area (TPSA) is 58.2 Å². The van der Waals surface area contributed by atoms with Gasteiger partial charge in [0, 0.05) is 6.54 Å². The lowest BCUT2D eigenvalue weighted by Gasteiger charge is -2.36. The van der Waals surface area contributed by atoms with E-state index in [1.54, 1.807) is 0 Å². The molecule has 0 aromatic carbocycles. The lowest BCUT2D eigenvalue weighted by Crippen LogP contribution is -2.41. The lowest BCUT2D eigenvalue weighted by molar-refractivity contribution is -0.00462. The first-order chi connectivity index (χ1) is 11.3. The molecule has 24 heavy (non-hydrogen) atoms. The average Bonchev–Trinajstić information content (AvgIpc) is 2.50. The molecule has 146 valence electrons. The lowest BCUT2D eigenvalue weighted by atomic mass is 10.2. The molecule has 0 unspecified atom stereocenters. The highest BCUT2D eigenvalue weighted by molar-refractivity contribution is 6.74. The van der Waals surface area contributed by atoms with Crippen LogP contribution in [0.3, 0.4) is 0 Å². The molecular weight excluding hydrogens is 326 g/mol. The molecule has 7 heteroatoms. The molecule has 0 atom stereocenters. The molecule has 6 nitrogen and oxygen atoms in total. The van der Waals surface area contributed by atoms with Gasteiger partial charge in [-0.3, -0.25) is 0 Å². The summed E-state index contributed by atoms with van der Waals surface area (Å²) < 4.78 is 27.8. The number of hydrogen-bond donors (Lipinski definition) is 1. The summed E-state index contributed by atoms with van der Waals surface area (Å²) in [5.41, 5.74) is 0. The maximum atomic E-state index is 6.04. The standard InChI is InChI=1S/C17H39NO5Si/c1-17(2,3)24(5,6)23-16-15-22-14-13-21-12-11-20-10-9-19-8-7-18-4/h18H,7-16H2,1-6H3. The predicted molar refractivity (Wildman–Crippen MR) is 100 cm³/mol. The molecule has 0 aliphatic heterocycles. The number of hydrogen-bond acceptors (Lipinski definition) is 6. The molecule has 1 N–H and O–H groups in total. The Hall–Kier alpha value is -0.0231. The Kier molecular flexibility index (Phi) is 14.2. The molecule has 0 aliphatic carbocycles. The van der Waals surface area contributed by atoms with Crippen molar-refractivity contribution in [2.75, 3.05) is 73.1 Å². The van der Waals surface area contributed by atoms with Gasteiger partial charge in [-0.2, -0.15) is 0 Å². The van der Waals surface area contributed by atoms with Gasteiger partial charge in [-0.05, 0) is 25.2 Å². The Morgan fingerprint density at radius 3 is 1.42 bits per heavy atom. The van der Waals surface area contributed by atoms with Crippen molar-refractivity contribution in [1.29, 1.82) is 0 Å². The average molecular weight is 366 g/mol. The van der Waals surface area contributed by atoms with Gasteiger partial charge in [0.2, 0.25) is 0 Å². The Morgan fingerprint density at radius 1 is 0.667 bits per heavy atom. The Balaban J connectivity index is 3.24. The second-order valence-electron chi connectivity index (χ2n) is 7.16. The van der Waals surface area contributed by atoms with Crippen molar-refractivity contribution < 1.29 is 23.4 Å². The number of rotatable bonds is 16. The molecule has 0 aromatic rings. The van der Waals surface area contributed by atoms with Crippen LogP contribution in [0, 0.1) is 0 Å². The summed E-state index contributed by atoms with van der Waals surface area (Å²) in [4.78, 5) is 0. The van der Waals surface area contributed by atoms with Gasteiger partial charge in [0.05, 0.1) is 59.5 Å². The Morgan fingerprint density at radius 2 is 1.04 bits per heavy atom. The predicted octanol–water partition coefficient (Wildman–Crippen LogP) is 2.29. The third-order valence-corrected chi connectivity index (χ3v) is 8.65. The van der Waals surface area contributed by atoms with Crippen LogP contribution in [0.2, 0.25) is 18.1 Å². The van der Waals surface area contributed by atoms with Crippen molar-refractivity contribution in [3.05, 3.63) is 0 Å². The molecular formula is C17H39NO5Si. The van der Waals surface area contributed by atoms with E-state index in [4.69, 9.17) is 23.4 Å². The zero-order valence-corrected chi connectivity index (χ0v) is 17.6. The zero-order valence-electron chi connectivity index (χ0n) is 16.6. The monoisotopic (exact) mass is 365 g/mol. The smallest absolute Gasteiger partial charge is 0.192 e. The minimum Gasteiger partial charge on any atom is -0.414 e. The second kappa shape index (κ2) is 14.2. The van der Waals surface area contributed by atoms with Crippen LogP contribution < -0.4 is 5.32 Å². The number of nitrogens with one attached hydrogen (secondary N) is 1. The van der Waals surface area contributed by atoms with Crippen molar-refractivity contribution in [2.45, 2.75) is 38.9 Å². The first-order valence-corrected chi connectivity index (χ1v) is 11.8. The molecule has 0 saturated heterocycles. The molecule has 0 amide bonds. The van der Waals surface area contributed by atoms with E-state index in [0.717, 1.165) is 6.54 Å². The van der Waals surface area contributed by atoms with E-state index in [0.29, 0.717) is 59.5 Å². The Labute approximate surface area is 149 Å². The van der Waals surface area contributed by atoms with E-state index < -0.39 is 8.32 Å². The van der Waals surface area contributed by atoms with E-state index in [-0.39, 0.29) is 5.04 Å². The van der Waals surface area contributed by atoms with E-state index in [2.05, 4.69) is 39.2 Å². The maximum Gasteiger partial charge on any atom is 0.192 e. The summed E-state index contributed by atoms with van der Waals surface area (Å²) in [5, 5.41) is 3.27. The van der Waals surface area contributed by atoms with Gasteiger partial charge in [-0.15, -0.1) is 0 Å². The van der Waals surface area contributed by atoms with Crippen molar-refractivity contribution in [2.24, 2.45) is 0 Å².